The summed E-state index contributed by atoms with van der Waals surface area (Å²) in [7, 11) is 1.57. The Kier molecular flexibility index (Phi) is 9.63. The predicted octanol–water partition coefficient (Wildman–Crippen LogP) is 5.68. The number of rotatable bonds is 9. The van der Waals surface area contributed by atoms with Gasteiger partial charge in [-0.3, -0.25) is 9.59 Å². The van der Waals surface area contributed by atoms with E-state index >= 15 is 0 Å². The van der Waals surface area contributed by atoms with Crippen LogP contribution in [0, 0.1) is 0 Å². The van der Waals surface area contributed by atoms with Crippen molar-refractivity contribution >= 4 is 58.4 Å². The number of benzene rings is 2. The lowest BCUT2D eigenvalue weighted by Gasteiger charge is -2.30. The van der Waals surface area contributed by atoms with E-state index in [0.29, 0.717) is 33.7 Å². The molecule has 2 aromatic rings. The fourth-order valence-corrected chi connectivity index (χ4v) is 4.29. The summed E-state index contributed by atoms with van der Waals surface area (Å²) in [6.45, 7) is 2.12. The Morgan fingerprint density at radius 2 is 1.72 bits per heavy atom. The molecule has 8 heteroatoms. The minimum atomic E-state index is -0.570. The van der Waals surface area contributed by atoms with Crippen LogP contribution in [0.1, 0.15) is 25.3 Å². The van der Waals surface area contributed by atoms with Crippen LogP contribution < -0.4 is 5.32 Å². The molecule has 2 amide bonds. The van der Waals surface area contributed by atoms with E-state index in [1.807, 2.05) is 31.2 Å². The molecule has 0 heterocycles. The Balaban J connectivity index is 2.13. The molecule has 0 spiro atoms. The third-order valence-electron chi connectivity index (χ3n) is 4.39. The van der Waals surface area contributed by atoms with Crippen molar-refractivity contribution in [1.82, 2.24) is 10.2 Å². The average Bonchev–Trinajstić information content (AvgIpc) is 2.70. The Hall–Kier alpha value is -1.40. The van der Waals surface area contributed by atoms with Gasteiger partial charge in [-0.25, -0.2) is 0 Å². The highest BCUT2D eigenvalue weighted by Gasteiger charge is 2.28. The molecule has 29 heavy (non-hydrogen) atoms. The number of amides is 2. The minimum absolute atomic E-state index is 0.104. The van der Waals surface area contributed by atoms with Crippen molar-refractivity contribution < 1.29 is 9.59 Å². The third-order valence-corrected chi connectivity index (χ3v) is 6.24. The van der Waals surface area contributed by atoms with Gasteiger partial charge < -0.3 is 10.2 Å². The third kappa shape index (κ3) is 7.10. The maximum absolute atomic E-state index is 13.0. The van der Waals surface area contributed by atoms with Crippen LogP contribution >= 0.6 is 46.6 Å². The molecule has 4 nitrogen and oxygen atoms in total. The molecule has 0 aliphatic heterocycles. The molecule has 1 N–H and O–H groups in total. The van der Waals surface area contributed by atoms with Crippen LogP contribution in [0.4, 0.5) is 0 Å². The van der Waals surface area contributed by atoms with Gasteiger partial charge in [0.1, 0.15) is 6.04 Å². The summed E-state index contributed by atoms with van der Waals surface area (Å²) >= 11 is 19.7. The molecule has 0 unspecified atom stereocenters. The molecule has 0 saturated carbocycles. The first-order valence-corrected chi connectivity index (χ1v) is 11.3. The quantitative estimate of drug-likeness (QED) is 0.476. The molecule has 0 bridgehead atoms. The van der Waals surface area contributed by atoms with Gasteiger partial charge in [0, 0.05) is 45.7 Å². The van der Waals surface area contributed by atoms with Crippen LogP contribution in [-0.2, 0) is 16.1 Å². The highest BCUT2D eigenvalue weighted by molar-refractivity contribution is 7.99. The first-order valence-electron chi connectivity index (χ1n) is 9.19. The van der Waals surface area contributed by atoms with Crippen LogP contribution in [0.25, 0.3) is 0 Å². The zero-order valence-corrected chi connectivity index (χ0v) is 19.3. The smallest absolute Gasteiger partial charge is 0.242 e. The van der Waals surface area contributed by atoms with Crippen molar-refractivity contribution in [2.24, 2.45) is 0 Å². The number of thioether (sulfide) groups is 1. The first-order chi connectivity index (χ1) is 13.8. The van der Waals surface area contributed by atoms with E-state index in [1.165, 1.54) is 0 Å². The van der Waals surface area contributed by atoms with Crippen LogP contribution in [0.5, 0.6) is 0 Å². The monoisotopic (exact) mass is 472 g/mol. The topological polar surface area (TPSA) is 49.4 Å². The van der Waals surface area contributed by atoms with Crippen LogP contribution in [-0.4, -0.2) is 35.6 Å². The van der Waals surface area contributed by atoms with Crippen molar-refractivity contribution in [3.63, 3.8) is 0 Å². The van der Waals surface area contributed by atoms with Gasteiger partial charge in [-0.15, -0.1) is 11.8 Å². The zero-order chi connectivity index (χ0) is 21.4. The predicted molar refractivity (Wildman–Crippen MR) is 122 cm³/mol. The second kappa shape index (κ2) is 11.7. The number of nitrogens with zero attached hydrogens (tertiary/aromatic N) is 1. The number of carbonyl (C=O) groups is 2. The van der Waals surface area contributed by atoms with Crippen molar-refractivity contribution in [2.45, 2.75) is 37.2 Å². The standard InChI is InChI=1S/C21H23Cl3N2O2S/c1-3-19(21(28)25-2)26(13-14-4-5-16(23)12-18(14)24)20(27)10-11-29-17-8-6-15(22)7-9-17/h4-9,12,19H,3,10-11,13H2,1-2H3,(H,25,28)/t19-/m0/s1. The number of nitrogens with one attached hydrogen (secondary N) is 1. The van der Waals surface area contributed by atoms with Crippen molar-refractivity contribution in [3.05, 3.63) is 63.1 Å². The maximum atomic E-state index is 13.0. The Morgan fingerprint density at radius 1 is 1.07 bits per heavy atom. The van der Waals surface area contributed by atoms with Crippen molar-refractivity contribution in [1.29, 1.82) is 0 Å². The van der Waals surface area contributed by atoms with Crippen LogP contribution in [0.2, 0.25) is 15.1 Å². The van der Waals surface area contributed by atoms with Crippen LogP contribution in [0.15, 0.2) is 47.4 Å². The molecule has 0 fully saturated rings. The number of halogens is 3. The van der Waals surface area contributed by atoms with Crippen molar-refractivity contribution in [3.8, 4) is 0 Å². The van der Waals surface area contributed by atoms with E-state index in [9.17, 15) is 9.59 Å². The average molecular weight is 474 g/mol. The van der Waals surface area contributed by atoms with E-state index in [1.54, 1.807) is 41.9 Å². The summed E-state index contributed by atoms with van der Waals surface area (Å²) in [6, 6.07) is 12.0. The second-order valence-electron chi connectivity index (χ2n) is 6.35. The maximum Gasteiger partial charge on any atom is 0.242 e. The molecule has 0 aliphatic rings. The number of carbonyl (C=O) groups excluding carboxylic acids is 2. The fourth-order valence-electron chi connectivity index (χ4n) is 2.85. The van der Waals surface area contributed by atoms with Gasteiger partial charge in [0.2, 0.25) is 11.8 Å². The van der Waals surface area contributed by atoms with Gasteiger partial charge in [0.05, 0.1) is 0 Å². The molecule has 0 aromatic heterocycles. The lowest BCUT2D eigenvalue weighted by molar-refractivity contribution is -0.140. The molecule has 0 saturated heterocycles. The summed E-state index contributed by atoms with van der Waals surface area (Å²) < 4.78 is 0. The lowest BCUT2D eigenvalue weighted by Crippen LogP contribution is -2.48. The number of hydrogen-bond acceptors (Lipinski definition) is 3. The van der Waals surface area contributed by atoms with Crippen LogP contribution in [0.3, 0.4) is 0 Å². The van der Waals surface area contributed by atoms with Gasteiger partial charge in [-0.05, 0) is 48.4 Å². The van der Waals surface area contributed by atoms with E-state index in [4.69, 9.17) is 34.8 Å². The van der Waals surface area contributed by atoms with Crippen molar-refractivity contribution in [2.75, 3.05) is 12.8 Å². The Labute approximate surface area is 190 Å². The van der Waals surface area contributed by atoms with Gasteiger partial charge in [0.15, 0.2) is 0 Å². The van der Waals surface area contributed by atoms with E-state index in [-0.39, 0.29) is 18.4 Å². The molecular weight excluding hydrogens is 451 g/mol. The summed E-state index contributed by atoms with van der Waals surface area (Å²) in [5.41, 5.74) is 0.747. The Bertz CT molecular complexity index is 846. The van der Waals surface area contributed by atoms with E-state index < -0.39 is 6.04 Å². The lowest BCUT2D eigenvalue weighted by atomic mass is 10.1. The van der Waals surface area contributed by atoms with Gasteiger partial charge in [0.25, 0.3) is 0 Å². The number of likely N-dealkylation sites (N-methyl/N-ethyl adjacent to an activating group) is 1. The molecular formula is C21H23Cl3N2O2S. The minimum Gasteiger partial charge on any atom is -0.357 e. The summed E-state index contributed by atoms with van der Waals surface area (Å²) in [4.78, 5) is 28.0. The highest BCUT2D eigenvalue weighted by atomic mass is 35.5. The van der Waals surface area contributed by atoms with Gasteiger partial charge in [-0.1, -0.05) is 47.8 Å². The number of hydrogen-bond donors (Lipinski definition) is 1. The fraction of sp³-hybridized carbons (Fsp3) is 0.333. The first kappa shape index (κ1) is 23.9. The summed E-state index contributed by atoms with van der Waals surface area (Å²) in [6.07, 6.45) is 0.799. The molecule has 0 radical (unpaired) electrons. The molecule has 2 aromatic carbocycles. The second-order valence-corrected chi connectivity index (χ2v) is 8.80. The molecule has 2 rings (SSSR count). The Morgan fingerprint density at radius 3 is 2.31 bits per heavy atom. The van der Waals surface area contributed by atoms with Gasteiger partial charge in [-0.2, -0.15) is 0 Å². The highest BCUT2D eigenvalue weighted by Crippen LogP contribution is 2.25. The largest absolute Gasteiger partial charge is 0.357 e. The molecule has 156 valence electrons. The molecule has 1 atom stereocenters. The normalized spacial score (nSPS) is 11.8. The summed E-state index contributed by atoms with van der Waals surface area (Å²) in [5, 5.41) is 4.31. The summed E-state index contributed by atoms with van der Waals surface area (Å²) in [5.74, 6) is 0.291. The molecule has 0 aliphatic carbocycles. The van der Waals surface area contributed by atoms with Gasteiger partial charge >= 0.3 is 0 Å². The van der Waals surface area contributed by atoms with E-state index in [2.05, 4.69) is 5.32 Å². The zero-order valence-electron chi connectivity index (χ0n) is 16.3. The SMILES string of the molecule is CC[C@@H](C(=O)NC)N(Cc1ccc(Cl)cc1Cl)C(=O)CCSc1ccc(Cl)cc1. The van der Waals surface area contributed by atoms with E-state index in [0.717, 1.165) is 10.5 Å².